The molecule has 0 radical (unpaired) electrons. The van der Waals surface area contributed by atoms with E-state index >= 15 is 0 Å². The fourth-order valence-corrected chi connectivity index (χ4v) is 3.39. The van der Waals surface area contributed by atoms with Gasteiger partial charge in [-0.3, -0.25) is 4.79 Å². The molecule has 31 heavy (non-hydrogen) atoms. The first-order valence-corrected chi connectivity index (χ1v) is 9.84. The van der Waals surface area contributed by atoms with Crippen LogP contribution in [0, 0.1) is 0 Å². The van der Waals surface area contributed by atoms with Gasteiger partial charge < -0.3 is 16.4 Å². The molecule has 0 bridgehead atoms. The number of nitrogens with one attached hydrogen (secondary N) is 2. The van der Waals surface area contributed by atoms with E-state index in [2.05, 4.69) is 20.7 Å². The van der Waals surface area contributed by atoms with Crippen LogP contribution in [0.25, 0.3) is 5.52 Å². The van der Waals surface area contributed by atoms with Crippen molar-refractivity contribution in [3.05, 3.63) is 83.8 Å². The molecule has 0 fully saturated rings. The predicted octanol–water partition coefficient (Wildman–Crippen LogP) is 4.31. The number of fused-ring (bicyclic) bond motifs is 1. The quantitative estimate of drug-likeness (QED) is 0.421. The smallest absolute Gasteiger partial charge is 0.323 e. The van der Waals surface area contributed by atoms with Crippen molar-refractivity contribution in [2.75, 3.05) is 16.4 Å². The minimum atomic E-state index is -0.398. The number of aromatic nitrogens is 3. The van der Waals surface area contributed by atoms with Gasteiger partial charge in [-0.25, -0.2) is 14.3 Å². The van der Waals surface area contributed by atoms with Gasteiger partial charge in [0, 0.05) is 22.6 Å². The van der Waals surface area contributed by atoms with E-state index in [-0.39, 0.29) is 17.5 Å². The summed E-state index contributed by atoms with van der Waals surface area (Å²) in [7, 11) is 0. The van der Waals surface area contributed by atoms with Gasteiger partial charge in [0.05, 0.1) is 5.56 Å². The van der Waals surface area contributed by atoms with E-state index in [1.54, 1.807) is 47.0 Å². The van der Waals surface area contributed by atoms with E-state index in [4.69, 9.17) is 5.73 Å². The van der Waals surface area contributed by atoms with Gasteiger partial charge in [0.2, 0.25) is 0 Å². The molecule has 8 nitrogen and oxygen atoms in total. The highest BCUT2D eigenvalue weighted by Gasteiger charge is 2.22. The van der Waals surface area contributed by atoms with Crippen LogP contribution in [0.3, 0.4) is 0 Å². The Kier molecular flexibility index (Phi) is 5.36. The van der Waals surface area contributed by atoms with Crippen LogP contribution in [0.1, 0.15) is 41.4 Å². The first-order chi connectivity index (χ1) is 14.9. The fourth-order valence-electron chi connectivity index (χ4n) is 3.39. The van der Waals surface area contributed by atoms with Gasteiger partial charge in [-0.05, 0) is 36.2 Å². The maximum absolute atomic E-state index is 13.3. The highest BCUT2D eigenvalue weighted by Crippen LogP contribution is 2.27. The summed E-state index contributed by atoms with van der Waals surface area (Å²) in [5, 5.41) is 9.76. The molecule has 2 aromatic heterocycles. The van der Waals surface area contributed by atoms with Gasteiger partial charge in [-0.1, -0.05) is 44.2 Å². The fraction of sp³-hybridized carbons (Fsp3) is 0.130. The van der Waals surface area contributed by atoms with Crippen LogP contribution in [0.2, 0.25) is 0 Å². The van der Waals surface area contributed by atoms with Crippen LogP contribution in [-0.2, 0) is 0 Å². The number of benzene rings is 2. The minimum absolute atomic E-state index is 0.137. The zero-order valence-electron chi connectivity index (χ0n) is 17.2. The predicted molar refractivity (Wildman–Crippen MR) is 120 cm³/mol. The average Bonchev–Trinajstić information content (AvgIpc) is 3.15. The highest BCUT2D eigenvalue weighted by atomic mass is 16.2. The van der Waals surface area contributed by atoms with Crippen LogP contribution in [0.15, 0.2) is 67.0 Å². The number of hydrogen-bond donors (Lipinski definition) is 3. The standard InChI is InChI=1S/C23H22N6O2/c1-14(2)19-12-18(20-22(24)25-13-26-29(19)20)21(30)15-7-6-10-17(11-15)28-23(31)27-16-8-4-3-5-9-16/h3-14H,1-2H3,(H2,24,25,26)(H2,27,28,31). The Morgan fingerprint density at radius 2 is 1.68 bits per heavy atom. The van der Waals surface area contributed by atoms with E-state index in [0.717, 1.165) is 5.69 Å². The molecule has 2 aromatic carbocycles. The van der Waals surface area contributed by atoms with E-state index in [1.165, 1.54) is 6.33 Å². The third kappa shape index (κ3) is 4.09. The first kappa shape index (κ1) is 20.1. The Labute approximate surface area is 179 Å². The molecule has 0 aliphatic rings. The number of urea groups is 1. The van der Waals surface area contributed by atoms with Crippen molar-refractivity contribution in [1.29, 1.82) is 0 Å². The lowest BCUT2D eigenvalue weighted by Gasteiger charge is -2.09. The van der Waals surface area contributed by atoms with Gasteiger partial charge in [-0.2, -0.15) is 5.10 Å². The van der Waals surface area contributed by atoms with Crippen molar-refractivity contribution < 1.29 is 9.59 Å². The third-order valence-corrected chi connectivity index (χ3v) is 4.86. The van der Waals surface area contributed by atoms with Crippen molar-refractivity contribution in [3.8, 4) is 0 Å². The number of anilines is 3. The molecule has 4 rings (SSSR count). The number of carbonyl (C=O) groups excluding carboxylic acids is 2. The molecule has 0 atom stereocenters. The number of ketones is 1. The average molecular weight is 414 g/mol. The Balaban J connectivity index is 1.63. The normalized spacial score (nSPS) is 10.9. The topological polar surface area (TPSA) is 114 Å². The van der Waals surface area contributed by atoms with Gasteiger partial charge in [-0.15, -0.1) is 0 Å². The monoisotopic (exact) mass is 414 g/mol. The van der Waals surface area contributed by atoms with Gasteiger partial charge in [0.1, 0.15) is 11.8 Å². The van der Waals surface area contributed by atoms with E-state index in [0.29, 0.717) is 28.0 Å². The van der Waals surface area contributed by atoms with Crippen LogP contribution >= 0.6 is 0 Å². The largest absolute Gasteiger partial charge is 0.382 e. The maximum atomic E-state index is 13.3. The number of hydrogen-bond acceptors (Lipinski definition) is 5. The molecule has 4 aromatic rings. The summed E-state index contributed by atoms with van der Waals surface area (Å²) >= 11 is 0. The lowest BCUT2D eigenvalue weighted by molar-refractivity contribution is 0.104. The lowest BCUT2D eigenvalue weighted by Crippen LogP contribution is -2.19. The molecule has 0 saturated carbocycles. The second-order valence-electron chi connectivity index (χ2n) is 7.40. The van der Waals surface area contributed by atoms with Crippen molar-refractivity contribution in [1.82, 2.24) is 14.6 Å². The van der Waals surface area contributed by atoms with Crippen molar-refractivity contribution in [3.63, 3.8) is 0 Å². The Hall–Kier alpha value is -4.20. The SMILES string of the molecule is CC(C)c1cc(C(=O)c2cccc(NC(=O)Nc3ccccc3)c2)c2c(N)ncnn12. The summed E-state index contributed by atoms with van der Waals surface area (Å²) < 4.78 is 1.66. The highest BCUT2D eigenvalue weighted by molar-refractivity contribution is 6.15. The Morgan fingerprint density at radius 1 is 0.968 bits per heavy atom. The molecule has 4 N–H and O–H groups in total. The summed E-state index contributed by atoms with van der Waals surface area (Å²) in [6.45, 7) is 4.04. The molecule has 0 spiro atoms. The van der Waals surface area contributed by atoms with E-state index < -0.39 is 6.03 Å². The lowest BCUT2D eigenvalue weighted by atomic mass is 10.0. The van der Waals surface area contributed by atoms with E-state index in [1.807, 2.05) is 32.0 Å². The summed E-state index contributed by atoms with van der Waals surface area (Å²) in [6, 6.07) is 17.3. The number of nitrogens with zero attached hydrogens (tertiary/aromatic N) is 3. The Bertz CT molecular complexity index is 1260. The zero-order chi connectivity index (χ0) is 22.0. The minimum Gasteiger partial charge on any atom is -0.382 e. The molecule has 2 amide bonds. The van der Waals surface area contributed by atoms with Crippen LogP contribution in [-0.4, -0.2) is 26.4 Å². The number of amides is 2. The Morgan fingerprint density at radius 3 is 2.42 bits per heavy atom. The second-order valence-corrected chi connectivity index (χ2v) is 7.40. The van der Waals surface area contributed by atoms with Gasteiger partial charge in [0.25, 0.3) is 0 Å². The van der Waals surface area contributed by atoms with Crippen LogP contribution in [0.5, 0.6) is 0 Å². The van der Waals surface area contributed by atoms with Crippen LogP contribution in [0.4, 0.5) is 22.0 Å². The molecule has 0 aliphatic heterocycles. The second kappa shape index (κ2) is 8.27. The summed E-state index contributed by atoms with van der Waals surface area (Å²) in [6.07, 6.45) is 1.37. The number of rotatable bonds is 5. The van der Waals surface area contributed by atoms with Crippen molar-refractivity contribution >= 4 is 34.5 Å². The molecule has 156 valence electrons. The molecule has 2 heterocycles. The molecule has 0 unspecified atom stereocenters. The van der Waals surface area contributed by atoms with Gasteiger partial charge in [0.15, 0.2) is 11.6 Å². The van der Waals surface area contributed by atoms with Crippen molar-refractivity contribution in [2.24, 2.45) is 0 Å². The molecule has 8 heteroatoms. The maximum Gasteiger partial charge on any atom is 0.323 e. The molecular formula is C23H22N6O2. The molecular weight excluding hydrogens is 392 g/mol. The third-order valence-electron chi connectivity index (χ3n) is 4.86. The summed E-state index contributed by atoms with van der Waals surface area (Å²) in [5.41, 5.74) is 9.42. The number of carbonyl (C=O) groups is 2. The number of nitrogen functional groups attached to an aromatic ring is 1. The summed E-state index contributed by atoms with van der Waals surface area (Å²) in [5.74, 6) is 0.151. The number of para-hydroxylation sites is 1. The van der Waals surface area contributed by atoms with E-state index in [9.17, 15) is 9.59 Å². The molecule has 0 aliphatic carbocycles. The van der Waals surface area contributed by atoms with Crippen molar-refractivity contribution in [2.45, 2.75) is 19.8 Å². The first-order valence-electron chi connectivity index (χ1n) is 9.84. The van der Waals surface area contributed by atoms with Gasteiger partial charge >= 0.3 is 6.03 Å². The summed E-state index contributed by atoms with van der Waals surface area (Å²) in [4.78, 5) is 29.7. The number of nitrogens with two attached hydrogens (primary N) is 1. The molecule has 0 saturated heterocycles. The zero-order valence-corrected chi connectivity index (χ0v) is 17.2. The van der Waals surface area contributed by atoms with Crippen LogP contribution < -0.4 is 16.4 Å².